The van der Waals surface area contributed by atoms with Gasteiger partial charge in [-0.25, -0.2) is 4.98 Å². The molecule has 30 heavy (non-hydrogen) atoms. The number of aldehydes is 1. The lowest BCUT2D eigenvalue weighted by Crippen LogP contribution is -2.04. The topological polar surface area (TPSA) is 67.8 Å². The minimum atomic E-state index is 0.505. The lowest BCUT2D eigenvalue weighted by atomic mass is 10.0. The molecule has 1 N–H and O–H groups in total. The number of anilines is 1. The molecule has 1 aliphatic carbocycles. The molecule has 5 heteroatoms. The molecule has 0 amide bonds. The van der Waals surface area contributed by atoms with Gasteiger partial charge in [0.25, 0.3) is 0 Å². The quantitative estimate of drug-likeness (QED) is 0.453. The van der Waals surface area contributed by atoms with E-state index in [9.17, 15) is 4.79 Å². The van der Waals surface area contributed by atoms with Crippen LogP contribution in [0.15, 0.2) is 79.3 Å². The highest BCUT2D eigenvalue weighted by atomic mass is 16.1. The second-order valence-corrected chi connectivity index (χ2v) is 7.46. The SMILES string of the molecule is O=Cc1ccc(-c2cncc(-c3cc(NC4CC4)nc(-c4ccccn4)c3)c2)cc1. The number of pyridine rings is 3. The summed E-state index contributed by atoms with van der Waals surface area (Å²) in [6, 6.07) is 20.1. The summed E-state index contributed by atoms with van der Waals surface area (Å²) in [5.41, 5.74) is 6.39. The second kappa shape index (κ2) is 7.87. The van der Waals surface area contributed by atoms with Crippen LogP contribution in [0.3, 0.4) is 0 Å². The molecule has 0 saturated heterocycles. The van der Waals surface area contributed by atoms with Crippen LogP contribution in [-0.4, -0.2) is 27.3 Å². The Balaban J connectivity index is 1.56. The summed E-state index contributed by atoms with van der Waals surface area (Å²) in [6.45, 7) is 0. The van der Waals surface area contributed by atoms with E-state index in [1.165, 1.54) is 12.8 Å². The summed E-state index contributed by atoms with van der Waals surface area (Å²) < 4.78 is 0. The molecule has 0 bridgehead atoms. The minimum absolute atomic E-state index is 0.505. The van der Waals surface area contributed by atoms with Crippen LogP contribution in [0.5, 0.6) is 0 Å². The van der Waals surface area contributed by atoms with Gasteiger partial charge in [-0.2, -0.15) is 0 Å². The zero-order valence-electron chi connectivity index (χ0n) is 16.3. The van der Waals surface area contributed by atoms with Crippen molar-refractivity contribution in [3.63, 3.8) is 0 Å². The Labute approximate surface area is 174 Å². The zero-order valence-corrected chi connectivity index (χ0v) is 16.3. The van der Waals surface area contributed by atoms with Gasteiger partial charge in [0.1, 0.15) is 12.1 Å². The lowest BCUT2D eigenvalue weighted by Gasteiger charge is -2.11. The average molecular weight is 392 g/mol. The zero-order chi connectivity index (χ0) is 20.3. The summed E-state index contributed by atoms with van der Waals surface area (Å²) in [5, 5.41) is 3.50. The fraction of sp³-hybridized carbons (Fsp3) is 0.120. The van der Waals surface area contributed by atoms with Crippen LogP contribution in [0.2, 0.25) is 0 Å². The Morgan fingerprint density at radius 2 is 1.63 bits per heavy atom. The van der Waals surface area contributed by atoms with Gasteiger partial charge in [-0.05, 0) is 54.3 Å². The van der Waals surface area contributed by atoms with E-state index in [4.69, 9.17) is 4.98 Å². The Hall–Kier alpha value is -3.86. The van der Waals surface area contributed by atoms with E-state index in [2.05, 4.69) is 33.5 Å². The van der Waals surface area contributed by atoms with Crippen molar-refractivity contribution < 1.29 is 4.79 Å². The largest absolute Gasteiger partial charge is 0.367 e. The lowest BCUT2D eigenvalue weighted by molar-refractivity contribution is 0.112. The van der Waals surface area contributed by atoms with Crippen molar-refractivity contribution in [2.75, 3.05) is 5.32 Å². The van der Waals surface area contributed by atoms with Gasteiger partial charge in [0, 0.05) is 41.3 Å². The minimum Gasteiger partial charge on any atom is -0.367 e. The highest BCUT2D eigenvalue weighted by Gasteiger charge is 2.22. The number of benzene rings is 1. The molecule has 0 atom stereocenters. The highest BCUT2D eigenvalue weighted by Crippen LogP contribution is 2.31. The van der Waals surface area contributed by atoms with E-state index in [0.717, 1.165) is 45.7 Å². The number of carbonyl (C=O) groups excluding carboxylic acids is 1. The van der Waals surface area contributed by atoms with Crippen LogP contribution < -0.4 is 5.32 Å². The molecule has 3 aromatic heterocycles. The predicted molar refractivity (Wildman–Crippen MR) is 118 cm³/mol. The first-order valence-electron chi connectivity index (χ1n) is 9.99. The molecule has 146 valence electrons. The number of carbonyl (C=O) groups is 1. The van der Waals surface area contributed by atoms with Crippen LogP contribution in [0.4, 0.5) is 5.82 Å². The molecule has 5 nitrogen and oxygen atoms in total. The van der Waals surface area contributed by atoms with Gasteiger partial charge in [-0.1, -0.05) is 30.3 Å². The van der Waals surface area contributed by atoms with Gasteiger partial charge in [-0.15, -0.1) is 0 Å². The maximum absolute atomic E-state index is 10.9. The summed E-state index contributed by atoms with van der Waals surface area (Å²) in [7, 11) is 0. The number of aromatic nitrogens is 3. The van der Waals surface area contributed by atoms with Gasteiger partial charge in [-0.3, -0.25) is 14.8 Å². The van der Waals surface area contributed by atoms with Crippen molar-refractivity contribution in [1.29, 1.82) is 0 Å². The van der Waals surface area contributed by atoms with Gasteiger partial charge in [0.15, 0.2) is 0 Å². The Bertz CT molecular complexity index is 1190. The van der Waals surface area contributed by atoms with Crippen molar-refractivity contribution in [1.82, 2.24) is 15.0 Å². The molecular weight excluding hydrogens is 372 g/mol. The summed E-state index contributed by atoms with van der Waals surface area (Å²) in [4.78, 5) is 24.6. The molecule has 1 fully saturated rings. The van der Waals surface area contributed by atoms with Crippen LogP contribution in [-0.2, 0) is 0 Å². The number of hydrogen-bond donors (Lipinski definition) is 1. The summed E-state index contributed by atoms with van der Waals surface area (Å²) >= 11 is 0. The maximum atomic E-state index is 10.9. The monoisotopic (exact) mass is 392 g/mol. The second-order valence-electron chi connectivity index (χ2n) is 7.46. The number of nitrogens with zero attached hydrogens (tertiary/aromatic N) is 3. The molecule has 0 spiro atoms. The Morgan fingerprint density at radius 1 is 0.833 bits per heavy atom. The first kappa shape index (κ1) is 18.2. The average Bonchev–Trinajstić information content (AvgIpc) is 3.63. The normalized spacial score (nSPS) is 13.1. The molecule has 0 unspecified atom stereocenters. The summed E-state index contributed by atoms with van der Waals surface area (Å²) in [5.74, 6) is 0.858. The smallest absolute Gasteiger partial charge is 0.150 e. The van der Waals surface area contributed by atoms with Crippen molar-refractivity contribution >= 4 is 12.1 Å². The Morgan fingerprint density at radius 3 is 2.33 bits per heavy atom. The number of hydrogen-bond acceptors (Lipinski definition) is 5. The van der Waals surface area contributed by atoms with E-state index < -0.39 is 0 Å². The molecule has 5 rings (SSSR count). The number of nitrogens with one attached hydrogen (secondary N) is 1. The van der Waals surface area contributed by atoms with Crippen LogP contribution in [0.25, 0.3) is 33.6 Å². The third-order valence-corrected chi connectivity index (χ3v) is 5.13. The van der Waals surface area contributed by atoms with Gasteiger partial charge in [0.05, 0.1) is 11.4 Å². The fourth-order valence-corrected chi connectivity index (χ4v) is 3.36. The maximum Gasteiger partial charge on any atom is 0.150 e. The molecule has 1 aromatic carbocycles. The van der Waals surface area contributed by atoms with Crippen LogP contribution in [0, 0.1) is 0 Å². The van der Waals surface area contributed by atoms with E-state index in [1.54, 1.807) is 6.20 Å². The standard InChI is InChI=1S/C25H20N4O/c30-16-17-4-6-18(7-5-17)20-11-21(15-26-14-20)19-12-24(23-3-1-2-10-27-23)29-25(13-19)28-22-8-9-22/h1-7,10-16,22H,8-9H2,(H,28,29). The first-order chi connectivity index (χ1) is 14.8. The summed E-state index contributed by atoms with van der Waals surface area (Å²) in [6.07, 6.45) is 8.69. The third-order valence-electron chi connectivity index (χ3n) is 5.13. The van der Waals surface area contributed by atoms with E-state index in [1.807, 2.05) is 54.9 Å². The number of rotatable bonds is 6. The van der Waals surface area contributed by atoms with Crippen LogP contribution in [0.1, 0.15) is 23.2 Å². The van der Waals surface area contributed by atoms with Crippen molar-refractivity contribution in [3.05, 3.63) is 84.8 Å². The van der Waals surface area contributed by atoms with Gasteiger partial charge >= 0.3 is 0 Å². The highest BCUT2D eigenvalue weighted by molar-refractivity contribution is 5.79. The molecular formula is C25H20N4O. The molecule has 0 aliphatic heterocycles. The van der Waals surface area contributed by atoms with Crippen molar-refractivity contribution in [2.45, 2.75) is 18.9 Å². The van der Waals surface area contributed by atoms with Crippen molar-refractivity contribution in [2.24, 2.45) is 0 Å². The van der Waals surface area contributed by atoms with E-state index in [-0.39, 0.29) is 0 Å². The Kier molecular flexibility index (Phi) is 4.77. The van der Waals surface area contributed by atoms with Gasteiger partial charge < -0.3 is 5.32 Å². The molecule has 4 aromatic rings. The van der Waals surface area contributed by atoms with Crippen molar-refractivity contribution in [3.8, 4) is 33.6 Å². The predicted octanol–water partition coefficient (Wildman–Crippen LogP) is 5.26. The molecule has 1 saturated carbocycles. The van der Waals surface area contributed by atoms with E-state index in [0.29, 0.717) is 11.6 Å². The fourth-order valence-electron chi connectivity index (χ4n) is 3.36. The molecule has 1 aliphatic rings. The molecule has 0 radical (unpaired) electrons. The first-order valence-corrected chi connectivity index (χ1v) is 9.99. The van der Waals surface area contributed by atoms with Crippen LogP contribution >= 0.6 is 0 Å². The molecule has 3 heterocycles. The third kappa shape index (κ3) is 3.96. The van der Waals surface area contributed by atoms with E-state index >= 15 is 0 Å². The van der Waals surface area contributed by atoms with Gasteiger partial charge in [0.2, 0.25) is 0 Å².